The van der Waals surface area contributed by atoms with Gasteiger partial charge in [-0.05, 0) is 58.9 Å². The third-order valence-corrected chi connectivity index (χ3v) is 5.83. The van der Waals surface area contributed by atoms with Crippen LogP contribution in [0.4, 0.5) is 5.69 Å². The number of carboxylic acid groups (broad SMARTS) is 1. The molecule has 0 aliphatic carbocycles. The van der Waals surface area contributed by atoms with E-state index in [1.54, 1.807) is 26.3 Å². The molecule has 0 radical (unpaired) electrons. The normalized spacial score (nSPS) is 16.6. The fourth-order valence-corrected chi connectivity index (χ4v) is 4.14. The number of carbonyl (C=O) groups is 2. The Bertz CT molecular complexity index is 1220. The van der Waals surface area contributed by atoms with Crippen molar-refractivity contribution < 1.29 is 19.4 Å². The smallest absolute Gasteiger partial charge is 0.335 e. The van der Waals surface area contributed by atoms with E-state index in [1.165, 1.54) is 28.8 Å². The van der Waals surface area contributed by atoms with E-state index in [0.717, 1.165) is 16.3 Å². The molecule has 0 unspecified atom stereocenters. The highest BCUT2D eigenvalue weighted by molar-refractivity contribution is 8.18. The molecule has 0 aromatic heterocycles. The second-order valence-corrected chi connectivity index (χ2v) is 7.63. The molecule has 1 aliphatic heterocycles. The van der Waals surface area contributed by atoms with E-state index in [9.17, 15) is 9.59 Å². The fraction of sp³-hybridized carbons (Fsp3) is 0.0870. The molecule has 1 heterocycles. The van der Waals surface area contributed by atoms with Crippen LogP contribution in [0.2, 0.25) is 0 Å². The van der Waals surface area contributed by atoms with Crippen molar-refractivity contribution in [1.82, 2.24) is 4.90 Å². The van der Waals surface area contributed by atoms with E-state index in [-0.39, 0.29) is 11.5 Å². The molecule has 1 aliphatic rings. The first kappa shape index (κ1) is 19.7. The van der Waals surface area contributed by atoms with Crippen LogP contribution in [0, 0.1) is 0 Å². The predicted octanol–water partition coefficient (Wildman–Crippen LogP) is 4.78. The third-order valence-electron chi connectivity index (χ3n) is 4.77. The van der Waals surface area contributed by atoms with Gasteiger partial charge >= 0.3 is 5.97 Å². The highest BCUT2D eigenvalue weighted by Gasteiger charge is 2.30. The summed E-state index contributed by atoms with van der Waals surface area (Å²) >= 11 is 1.27. The minimum Gasteiger partial charge on any atom is -0.496 e. The van der Waals surface area contributed by atoms with Gasteiger partial charge in [0.2, 0.25) is 0 Å². The highest BCUT2D eigenvalue weighted by Crippen LogP contribution is 2.37. The van der Waals surface area contributed by atoms with Gasteiger partial charge in [-0.15, -0.1) is 0 Å². The van der Waals surface area contributed by atoms with Crippen molar-refractivity contribution in [3.63, 3.8) is 0 Å². The van der Waals surface area contributed by atoms with Crippen LogP contribution in [0.1, 0.15) is 15.9 Å². The van der Waals surface area contributed by atoms with Crippen LogP contribution < -0.4 is 4.74 Å². The molecule has 0 saturated carbocycles. The summed E-state index contributed by atoms with van der Waals surface area (Å²) < 4.78 is 5.52. The van der Waals surface area contributed by atoms with E-state index >= 15 is 0 Å². The van der Waals surface area contributed by atoms with E-state index in [0.29, 0.717) is 21.5 Å². The van der Waals surface area contributed by atoms with Crippen molar-refractivity contribution in [2.75, 3.05) is 14.2 Å². The lowest BCUT2D eigenvalue weighted by molar-refractivity contribution is -0.121. The SMILES string of the molecule is COc1ccc2ccccc2c1C=C1SC(=Nc2ccc(C(=O)O)cc2)N(C)C1=O. The first-order valence-corrected chi connectivity index (χ1v) is 9.95. The van der Waals surface area contributed by atoms with Gasteiger partial charge in [-0.25, -0.2) is 9.79 Å². The summed E-state index contributed by atoms with van der Waals surface area (Å²) in [5.74, 6) is -0.464. The molecule has 0 spiro atoms. The Balaban J connectivity index is 1.72. The molecular weight excluding hydrogens is 400 g/mol. The minimum absolute atomic E-state index is 0.157. The molecule has 150 valence electrons. The Labute approximate surface area is 177 Å². The van der Waals surface area contributed by atoms with Crippen LogP contribution in [0.3, 0.4) is 0 Å². The number of benzene rings is 3. The number of carboxylic acids is 1. The number of methoxy groups -OCH3 is 1. The second kappa shape index (κ2) is 8.04. The quantitative estimate of drug-likeness (QED) is 0.617. The molecule has 30 heavy (non-hydrogen) atoms. The number of nitrogens with zero attached hydrogens (tertiary/aromatic N) is 2. The molecule has 6 nitrogen and oxygen atoms in total. The molecule has 1 N–H and O–H groups in total. The number of hydrogen-bond acceptors (Lipinski definition) is 5. The molecule has 1 fully saturated rings. The largest absolute Gasteiger partial charge is 0.496 e. The summed E-state index contributed by atoms with van der Waals surface area (Å²) in [5.41, 5.74) is 1.60. The molecule has 1 amide bonds. The van der Waals surface area contributed by atoms with E-state index < -0.39 is 5.97 Å². The summed E-state index contributed by atoms with van der Waals surface area (Å²) in [6.07, 6.45) is 1.83. The Hall–Kier alpha value is -3.58. The summed E-state index contributed by atoms with van der Waals surface area (Å²) in [4.78, 5) is 30.4. The van der Waals surface area contributed by atoms with Crippen LogP contribution in [0.15, 0.2) is 70.6 Å². The second-order valence-electron chi connectivity index (χ2n) is 6.62. The number of ether oxygens (including phenoxy) is 1. The highest BCUT2D eigenvalue weighted by atomic mass is 32.2. The maximum atomic E-state index is 12.8. The van der Waals surface area contributed by atoms with Gasteiger partial charge in [0, 0.05) is 12.6 Å². The minimum atomic E-state index is -0.994. The van der Waals surface area contributed by atoms with Crippen LogP contribution in [-0.2, 0) is 4.79 Å². The van der Waals surface area contributed by atoms with Crippen molar-refractivity contribution in [3.8, 4) is 5.75 Å². The van der Waals surface area contributed by atoms with Crippen molar-refractivity contribution >= 4 is 51.3 Å². The average molecular weight is 418 g/mol. The zero-order valence-corrected chi connectivity index (χ0v) is 17.1. The van der Waals surface area contributed by atoms with E-state index in [1.807, 2.05) is 42.5 Å². The lowest BCUT2D eigenvalue weighted by Crippen LogP contribution is -2.23. The summed E-state index contributed by atoms with van der Waals surface area (Å²) in [5, 5.41) is 11.6. The maximum Gasteiger partial charge on any atom is 0.335 e. The van der Waals surface area contributed by atoms with Crippen molar-refractivity contribution in [3.05, 3.63) is 76.7 Å². The molecule has 0 atom stereocenters. The Morgan fingerprint density at radius 1 is 1.10 bits per heavy atom. The lowest BCUT2D eigenvalue weighted by Gasteiger charge is -2.09. The van der Waals surface area contributed by atoms with Gasteiger partial charge in [-0.3, -0.25) is 9.69 Å². The van der Waals surface area contributed by atoms with Crippen LogP contribution in [0.25, 0.3) is 16.8 Å². The van der Waals surface area contributed by atoms with Gasteiger partial charge in [0.05, 0.1) is 23.3 Å². The third kappa shape index (κ3) is 3.67. The standard InChI is InChI=1S/C23H18N2O4S/c1-25-21(26)20(30-23(25)24-16-10-7-15(8-11-16)22(27)28)13-18-17-6-4-3-5-14(17)9-12-19(18)29-2/h3-13H,1-2H3,(H,27,28). The molecule has 1 saturated heterocycles. The number of hydrogen-bond donors (Lipinski definition) is 1. The molecule has 7 heteroatoms. The van der Waals surface area contributed by atoms with Crippen molar-refractivity contribution in [2.45, 2.75) is 0 Å². The number of amidine groups is 1. The number of carbonyl (C=O) groups excluding carboxylic acids is 1. The van der Waals surface area contributed by atoms with Crippen LogP contribution in [-0.4, -0.2) is 41.2 Å². The number of fused-ring (bicyclic) bond motifs is 1. The summed E-state index contributed by atoms with van der Waals surface area (Å²) in [7, 11) is 3.27. The Morgan fingerprint density at radius 3 is 2.53 bits per heavy atom. The predicted molar refractivity (Wildman–Crippen MR) is 119 cm³/mol. The van der Waals surface area contributed by atoms with Crippen LogP contribution in [0.5, 0.6) is 5.75 Å². The maximum absolute atomic E-state index is 12.8. The van der Waals surface area contributed by atoms with Gasteiger partial charge in [0.15, 0.2) is 5.17 Å². The van der Waals surface area contributed by atoms with E-state index in [4.69, 9.17) is 9.84 Å². The summed E-state index contributed by atoms with van der Waals surface area (Å²) in [6.45, 7) is 0. The Morgan fingerprint density at radius 2 is 1.83 bits per heavy atom. The lowest BCUT2D eigenvalue weighted by atomic mass is 10.0. The first-order chi connectivity index (χ1) is 14.5. The van der Waals surface area contributed by atoms with Gasteiger partial charge < -0.3 is 9.84 Å². The number of aliphatic imine (C=N–C) groups is 1. The number of aromatic carboxylic acids is 1. The topological polar surface area (TPSA) is 79.2 Å². The first-order valence-electron chi connectivity index (χ1n) is 9.13. The van der Waals surface area contributed by atoms with E-state index in [2.05, 4.69) is 4.99 Å². The van der Waals surface area contributed by atoms with Gasteiger partial charge in [-0.2, -0.15) is 0 Å². The van der Waals surface area contributed by atoms with Gasteiger partial charge in [-0.1, -0.05) is 30.3 Å². The van der Waals surface area contributed by atoms with Crippen molar-refractivity contribution in [1.29, 1.82) is 0 Å². The number of amides is 1. The zero-order valence-electron chi connectivity index (χ0n) is 16.3. The monoisotopic (exact) mass is 418 g/mol. The van der Waals surface area contributed by atoms with Crippen LogP contribution >= 0.6 is 11.8 Å². The number of rotatable bonds is 4. The van der Waals surface area contributed by atoms with Gasteiger partial charge in [0.1, 0.15) is 5.75 Å². The Kier molecular flexibility index (Phi) is 5.29. The van der Waals surface area contributed by atoms with Crippen molar-refractivity contribution in [2.24, 2.45) is 4.99 Å². The molecular formula is C23H18N2O4S. The fourth-order valence-electron chi connectivity index (χ4n) is 3.17. The summed E-state index contributed by atoms with van der Waals surface area (Å²) in [6, 6.07) is 18.0. The zero-order chi connectivity index (χ0) is 21.3. The molecule has 3 aromatic carbocycles. The van der Waals surface area contributed by atoms with Gasteiger partial charge in [0.25, 0.3) is 5.91 Å². The number of likely N-dealkylation sites (N-methyl/N-ethyl adjacent to an activating group) is 1. The average Bonchev–Trinajstić information content (AvgIpc) is 3.02. The molecule has 3 aromatic rings. The number of thioether (sulfide) groups is 1. The molecule has 4 rings (SSSR count). The molecule has 0 bridgehead atoms.